The third-order valence-corrected chi connectivity index (χ3v) is 4.82. The molecule has 1 fully saturated rings. The fraction of sp³-hybridized carbons (Fsp3) is 0.611. The van der Waals surface area contributed by atoms with Crippen LogP contribution in [0.25, 0.3) is 0 Å². The van der Waals surface area contributed by atoms with Crippen LogP contribution in [0.4, 0.5) is 8.78 Å². The van der Waals surface area contributed by atoms with E-state index in [1.54, 1.807) is 25.2 Å². The molecule has 26 heavy (non-hydrogen) atoms. The van der Waals surface area contributed by atoms with Crippen LogP contribution in [0, 0.1) is 0 Å². The summed E-state index contributed by atoms with van der Waals surface area (Å²) in [5.41, 5.74) is 0.649. The van der Waals surface area contributed by atoms with Gasteiger partial charge in [0, 0.05) is 44.5 Å². The Kier molecular flexibility index (Phi) is 7.59. The Morgan fingerprint density at radius 1 is 1.27 bits per heavy atom. The fourth-order valence-corrected chi connectivity index (χ4v) is 3.04. The van der Waals surface area contributed by atoms with Crippen molar-refractivity contribution in [3.05, 3.63) is 29.8 Å². The van der Waals surface area contributed by atoms with E-state index in [4.69, 9.17) is 4.74 Å². The zero-order valence-electron chi connectivity index (χ0n) is 15.6. The van der Waals surface area contributed by atoms with Gasteiger partial charge in [0.05, 0.1) is 0 Å². The summed E-state index contributed by atoms with van der Waals surface area (Å²) < 4.78 is 35.1. The van der Waals surface area contributed by atoms with Crippen molar-refractivity contribution in [2.24, 2.45) is 4.99 Å². The Balaban J connectivity index is 1.94. The molecule has 146 valence electrons. The molecule has 2 rings (SSSR count). The van der Waals surface area contributed by atoms with Gasteiger partial charge >= 0.3 is 6.61 Å². The highest BCUT2D eigenvalue weighted by atomic mass is 19.3. The van der Waals surface area contributed by atoms with Gasteiger partial charge in [-0.3, -0.25) is 4.99 Å². The molecule has 0 bridgehead atoms. The van der Waals surface area contributed by atoms with Crippen LogP contribution in [-0.2, 0) is 11.3 Å². The maximum absolute atomic E-state index is 12.5. The minimum Gasteiger partial charge on any atom is -0.434 e. The lowest BCUT2D eigenvalue weighted by Gasteiger charge is -2.43. The Labute approximate surface area is 153 Å². The third kappa shape index (κ3) is 5.54. The molecule has 1 saturated heterocycles. The van der Waals surface area contributed by atoms with Crippen molar-refractivity contribution in [3.63, 3.8) is 0 Å². The normalized spacial score (nSPS) is 17.4. The van der Waals surface area contributed by atoms with Gasteiger partial charge in [-0.1, -0.05) is 18.2 Å². The van der Waals surface area contributed by atoms with Crippen LogP contribution >= 0.6 is 0 Å². The maximum Gasteiger partial charge on any atom is 0.387 e. The molecule has 0 saturated carbocycles. The number of para-hydroxylation sites is 1. The monoisotopic (exact) mass is 370 g/mol. The summed E-state index contributed by atoms with van der Waals surface area (Å²) in [5.74, 6) is 0.782. The molecule has 1 aromatic carbocycles. The SMILES string of the molecule is CN=C(NCc1ccccc1OC(F)F)NCC1(N(C)C)CCOCC1. The van der Waals surface area contributed by atoms with Gasteiger partial charge in [0.1, 0.15) is 5.75 Å². The number of likely N-dealkylation sites (N-methyl/N-ethyl adjacent to an activating group) is 1. The molecule has 1 aliphatic heterocycles. The topological polar surface area (TPSA) is 58.1 Å². The minimum atomic E-state index is -2.85. The Hall–Kier alpha value is -1.93. The number of nitrogens with one attached hydrogen (secondary N) is 2. The molecule has 1 aliphatic rings. The number of aliphatic imine (C=N–C) groups is 1. The molecule has 1 heterocycles. The highest BCUT2D eigenvalue weighted by molar-refractivity contribution is 5.79. The van der Waals surface area contributed by atoms with E-state index in [9.17, 15) is 8.78 Å². The quantitative estimate of drug-likeness (QED) is 0.568. The van der Waals surface area contributed by atoms with E-state index in [-0.39, 0.29) is 11.3 Å². The van der Waals surface area contributed by atoms with Crippen LogP contribution in [0.15, 0.2) is 29.3 Å². The first-order valence-corrected chi connectivity index (χ1v) is 8.69. The van der Waals surface area contributed by atoms with Crippen molar-refractivity contribution in [1.29, 1.82) is 0 Å². The minimum absolute atomic E-state index is 0.00651. The van der Waals surface area contributed by atoms with Crippen LogP contribution in [0.3, 0.4) is 0 Å². The molecule has 6 nitrogen and oxygen atoms in total. The Morgan fingerprint density at radius 2 is 1.96 bits per heavy atom. The second-order valence-corrected chi connectivity index (χ2v) is 6.50. The van der Waals surface area contributed by atoms with Crippen LogP contribution in [0.1, 0.15) is 18.4 Å². The number of guanidine groups is 1. The van der Waals surface area contributed by atoms with Crippen molar-refractivity contribution < 1.29 is 18.3 Å². The van der Waals surface area contributed by atoms with Gasteiger partial charge in [-0.05, 0) is 33.0 Å². The molecule has 0 unspecified atom stereocenters. The van der Waals surface area contributed by atoms with Crippen LogP contribution < -0.4 is 15.4 Å². The van der Waals surface area contributed by atoms with E-state index >= 15 is 0 Å². The van der Waals surface area contributed by atoms with Gasteiger partial charge < -0.3 is 25.0 Å². The molecule has 0 radical (unpaired) electrons. The molecular weight excluding hydrogens is 342 g/mol. The molecule has 2 N–H and O–H groups in total. The number of hydrogen-bond donors (Lipinski definition) is 2. The standard InChI is InChI=1S/C18H28F2N4O2/c1-21-17(23-13-18(24(2)3)8-10-25-11-9-18)22-12-14-6-4-5-7-15(14)26-16(19)20/h4-7,16H,8-13H2,1-3H3,(H2,21,22,23). The first kappa shape index (κ1) is 20.4. The van der Waals surface area contributed by atoms with Crippen LogP contribution in [0.5, 0.6) is 5.75 Å². The highest BCUT2D eigenvalue weighted by Crippen LogP contribution is 2.25. The molecule has 0 amide bonds. The van der Waals surface area contributed by atoms with Gasteiger partial charge in [-0.25, -0.2) is 0 Å². The third-order valence-electron chi connectivity index (χ3n) is 4.82. The van der Waals surface area contributed by atoms with E-state index in [1.807, 2.05) is 0 Å². The number of rotatable bonds is 7. The summed E-state index contributed by atoms with van der Waals surface area (Å²) in [5, 5.41) is 6.50. The number of halogens is 2. The van der Waals surface area contributed by atoms with E-state index in [1.165, 1.54) is 6.07 Å². The molecule has 1 aromatic rings. The average Bonchev–Trinajstić information content (AvgIpc) is 2.63. The summed E-state index contributed by atoms with van der Waals surface area (Å²) in [4.78, 5) is 6.45. The van der Waals surface area contributed by atoms with Gasteiger partial charge in [0.25, 0.3) is 0 Å². The molecule has 0 aromatic heterocycles. The van der Waals surface area contributed by atoms with Crippen molar-refractivity contribution in [3.8, 4) is 5.75 Å². The average molecular weight is 370 g/mol. The van der Waals surface area contributed by atoms with E-state index in [0.717, 1.165) is 32.6 Å². The molecule has 0 atom stereocenters. The summed E-state index contributed by atoms with van der Waals surface area (Å²) in [7, 11) is 5.82. The molecule has 0 spiro atoms. The lowest BCUT2D eigenvalue weighted by atomic mass is 9.88. The predicted octanol–water partition coefficient (Wildman–Crippen LogP) is 2.06. The van der Waals surface area contributed by atoms with E-state index in [2.05, 4.69) is 39.4 Å². The number of nitrogens with zero attached hydrogens (tertiary/aromatic N) is 2. The summed E-state index contributed by atoms with van der Waals surface area (Å²) in [6, 6.07) is 6.73. The molecule has 0 aliphatic carbocycles. The zero-order valence-corrected chi connectivity index (χ0v) is 15.6. The van der Waals surface area contributed by atoms with E-state index < -0.39 is 6.61 Å². The van der Waals surface area contributed by atoms with Gasteiger partial charge in [-0.2, -0.15) is 8.78 Å². The van der Waals surface area contributed by atoms with Gasteiger partial charge in [0.15, 0.2) is 5.96 Å². The lowest BCUT2D eigenvalue weighted by molar-refractivity contribution is -0.0504. The molecular formula is C18H28F2N4O2. The van der Waals surface area contributed by atoms with Crippen LogP contribution in [-0.4, -0.2) is 63.9 Å². The van der Waals surface area contributed by atoms with Gasteiger partial charge in [-0.15, -0.1) is 0 Å². The fourth-order valence-electron chi connectivity index (χ4n) is 3.04. The van der Waals surface area contributed by atoms with Crippen molar-refractivity contribution in [2.45, 2.75) is 31.5 Å². The predicted molar refractivity (Wildman–Crippen MR) is 97.7 cm³/mol. The number of alkyl halides is 2. The van der Waals surface area contributed by atoms with Crippen LogP contribution in [0.2, 0.25) is 0 Å². The Bertz CT molecular complexity index is 590. The maximum atomic E-state index is 12.5. The number of hydrogen-bond acceptors (Lipinski definition) is 4. The summed E-state index contributed by atoms with van der Waals surface area (Å²) >= 11 is 0. The van der Waals surface area contributed by atoms with Gasteiger partial charge in [0.2, 0.25) is 0 Å². The summed E-state index contributed by atoms with van der Waals surface area (Å²) in [6.07, 6.45) is 1.88. The zero-order chi connectivity index (χ0) is 19.0. The number of ether oxygens (including phenoxy) is 2. The Morgan fingerprint density at radius 3 is 2.58 bits per heavy atom. The second-order valence-electron chi connectivity index (χ2n) is 6.50. The van der Waals surface area contributed by atoms with Crippen molar-refractivity contribution in [1.82, 2.24) is 15.5 Å². The first-order chi connectivity index (χ1) is 12.5. The molecule has 8 heteroatoms. The first-order valence-electron chi connectivity index (χ1n) is 8.69. The van der Waals surface area contributed by atoms with E-state index in [0.29, 0.717) is 18.1 Å². The van der Waals surface area contributed by atoms with Crippen molar-refractivity contribution >= 4 is 5.96 Å². The summed E-state index contributed by atoms with van der Waals surface area (Å²) in [6.45, 7) is -0.310. The number of benzene rings is 1. The largest absolute Gasteiger partial charge is 0.434 e. The highest BCUT2D eigenvalue weighted by Gasteiger charge is 2.34. The second kappa shape index (κ2) is 9.68. The lowest BCUT2D eigenvalue weighted by Crippen LogP contribution is -2.57. The smallest absolute Gasteiger partial charge is 0.387 e. The van der Waals surface area contributed by atoms with Crippen molar-refractivity contribution in [2.75, 3.05) is 40.9 Å².